The molecule has 0 heterocycles. The van der Waals surface area contributed by atoms with Crippen molar-refractivity contribution in [3.05, 3.63) is 71.3 Å². The van der Waals surface area contributed by atoms with Crippen molar-refractivity contribution in [1.29, 1.82) is 0 Å². The average molecular weight is 239 g/mol. The monoisotopic (exact) mass is 239 g/mol. The summed E-state index contributed by atoms with van der Waals surface area (Å²) in [4.78, 5) is 0. The Labute approximate surface area is 110 Å². The smallest absolute Gasteiger partial charge is 0.0294 e. The van der Waals surface area contributed by atoms with Gasteiger partial charge in [0.1, 0.15) is 0 Å². The Morgan fingerprint density at radius 3 is 2.50 bits per heavy atom. The second kappa shape index (κ2) is 6.36. The van der Waals surface area contributed by atoms with Crippen LogP contribution < -0.4 is 5.73 Å². The van der Waals surface area contributed by atoms with Gasteiger partial charge in [0.15, 0.2) is 0 Å². The van der Waals surface area contributed by atoms with Crippen LogP contribution in [0.4, 0.5) is 0 Å². The van der Waals surface area contributed by atoms with E-state index in [1.165, 1.54) is 16.7 Å². The fourth-order valence-electron chi connectivity index (χ4n) is 2.26. The zero-order valence-electron chi connectivity index (χ0n) is 11.0. The summed E-state index contributed by atoms with van der Waals surface area (Å²) < 4.78 is 0. The molecule has 2 aromatic carbocycles. The van der Waals surface area contributed by atoms with E-state index >= 15 is 0 Å². The number of aryl methyl sites for hydroxylation is 2. The maximum absolute atomic E-state index is 6.19. The SMILES string of the molecule is Cc1cccc(CCCC(N)c2ccccc2)c1. The van der Waals surface area contributed by atoms with Gasteiger partial charge in [0.05, 0.1) is 0 Å². The lowest BCUT2D eigenvalue weighted by atomic mass is 9.99. The first kappa shape index (κ1) is 12.8. The molecule has 1 nitrogen and oxygen atoms in total. The molecule has 2 aromatic rings. The summed E-state index contributed by atoms with van der Waals surface area (Å²) in [6, 6.07) is 19.2. The molecule has 1 unspecified atom stereocenters. The van der Waals surface area contributed by atoms with E-state index in [0.29, 0.717) is 0 Å². The molecule has 18 heavy (non-hydrogen) atoms. The summed E-state index contributed by atoms with van der Waals surface area (Å²) >= 11 is 0. The second-order valence-corrected chi connectivity index (χ2v) is 4.90. The summed E-state index contributed by atoms with van der Waals surface area (Å²) in [5.41, 5.74) is 10.2. The molecule has 0 amide bonds. The van der Waals surface area contributed by atoms with Gasteiger partial charge in [-0.25, -0.2) is 0 Å². The van der Waals surface area contributed by atoms with Crippen LogP contribution in [-0.4, -0.2) is 0 Å². The lowest BCUT2D eigenvalue weighted by molar-refractivity contribution is 0.611. The molecule has 0 spiro atoms. The quantitative estimate of drug-likeness (QED) is 0.838. The topological polar surface area (TPSA) is 26.0 Å². The third kappa shape index (κ3) is 3.71. The van der Waals surface area contributed by atoms with Gasteiger partial charge in [-0.3, -0.25) is 0 Å². The Hall–Kier alpha value is -1.60. The van der Waals surface area contributed by atoms with Gasteiger partial charge < -0.3 is 5.73 Å². The summed E-state index contributed by atoms with van der Waals surface area (Å²) in [5.74, 6) is 0. The molecule has 0 aliphatic heterocycles. The Morgan fingerprint density at radius 2 is 1.78 bits per heavy atom. The predicted octanol–water partition coefficient (Wildman–Crippen LogP) is 4.02. The van der Waals surface area contributed by atoms with E-state index in [0.717, 1.165) is 19.3 Å². The van der Waals surface area contributed by atoms with Gasteiger partial charge in [0, 0.05) is 6.04 Å². The number of hydrogen-bond donors (Lipinski definition) is 1. The van der Waals surface area contributed by atoms with E-state index in [4.69, 9.17) is 5.73 Å². The van der Waals surface area contributed by atoms with Gasteiger partial charge in [-0.15, -0.1) is 0 Å². The average Bonchev–Trinajstić information content (AvgIpc) is 2.40. The molecule has 0 bridgehead atoms. The first-order valence-electron chi connectivity index (χ1n) is 6.62. The van der Waals surface area contributed by atoms with Gasteiger partial charge >= 0.3 is 0 Å². The van der Waals surface area contributed by atoms with Crippen LogP contribution >= 0.6 is 0 Å². The van der Waals surface area contributed by atoms with Gasteiger partial charge in [-0.2, -0.15) is 0 Å². The van der Waals surface area contributed by atoms with Crippen LogP contribution in [0.15, 0.2) is 54.6 Å². The van der Waals surface area contributed by atoms with E-state index < -0.39 is 0 Å². The first-order valence-corrected chi connectivity index (χ1v) is 6.62. The summed E-state index contributed by atoms with van der Waals surface area (Å²) in [5, 5.41) is 0. The largest absolute Gasteiger partial charge is 0.324 e. The molecule has 0 fully saturated rings. The first-order chi connectivity index (χ1) is 8.75. The van der Waals surface area contributed by atoms with Crippen molar-refractivity contribution >= 4 is 0 Å². The van der Waals surface area contributed by atoms with E-state index in [2.05, 4.69) is 55.5 Å². The molecular weight excluding hydrogens is 218 g/mol. The molecule has 1 heteroatoms. The molecule has 0 radical (unpaired) electrons. The van der Waals surface area contributed by atoms with Crippen LogP contribution in [0.3, 0.4) is 0 Å². The lowest BCUT2D eigenvalue weighted by Crippen LogP contribution is -2.10. The van der Waals surface area contributed by atoms with Crippen LogP contribution in [0.5, 0.6) is 0 Å². The van der Waals surface area contributed by atoms with Gasteiger partial charge in [-0.1, -0.05) is 60.2 Å². The second-order valence-electron chi connectivity index (χ2n) is 4.90. The minimum atomic E-state index is 0.163. The summed E-state index contributed by atoms with van der Waals surface area (Å²) in [6.07, 6.45) is 3.29. The maximum atomic E-state index is 6.19. The number of benzene rings is 2. The molecular formula is C17H21N. The molecule has 0 aromatic heterocycles. The van der Waals surface area contributed by atoms with Crippen LogP contribution in [0, 0.1) is 6.92 Å². The van der Waals surface area contributed by atoms with E-state index in [1.807, 2.05) is 6.07 Å². The third-order valence-corrected chi connectivity index (χ3v) is 3.29. The minimum absolute atomic E-state index is 0.163. The van der Waals surface area contributed by atoms with E-state index in [-0.39, 0.29) is 6.04 Å². The normalized spacial score (nSPS) is 12.3. The van der Waals surface area contributed by atoms with Crippen molar-refractivity contribution in [3.8, 4) is 0 Å². The minimum Gasteiger partial charge on any atom is -0.324 e. The molecule has 0 saturated carbocycles. The van der Waals surface area contributed by atoms with Crippen LogP contribution in [0.2, 0.25) is 0 Å². The molecule has 2 rings (SSSR count). The van der Waals surface area contributed by atoms with Crippen LogP contribution in [0.25, 0.3) is 0 Å². The summed E-state index contributed by atoms with van der Waals surface area (Å²) in [7, 11) is 0. The van der Waals surface area contributed by atoms with E-state index in [1.54, 1.807) is 0 Å². The van der Waals surface area contributed by atoms with Gasteiger partial charge in [0.25, 0.3) is 0 Å². The molecule has 0 aliphatic rings. The Bertz CT molecular complexity index is 476. The molecule has 2 N–H and O–H groups in total. The van der Waals surface area contributed by atoms with Crippen LogP contribution in [-0.2, 0) is 6.42 Å². The predicted molar refractivity (Wildman–Crippen MR) is 77.5 cm³/mol. The highest BCUT2D eigenvalue weighted by Gasteiger charge is 2.04. The highest BCUT2D eigenvalue weighted by molar-refractivity contribution is 5.22. The molecule has 94 valence electrons. The lowest BCUT2D eigenvalue weighted by Gasteiger charge is -2.11. The van der Waals surface area contributed by atoms with Crippen LogP contribution in [0.1, 0.15) is 35.6 Å². The van der Waals surface area contributed by atoms with Crippen molar-refractivity contribution in [2.75, 3.05) is 0 Å². The van der Waals surface area contributed by atoms with E-state index in [9.17, 15) is 0 Å². The fourth-order valence-corrected chi connectivity index (χ4v) is 2.26. The highest BCUT2D eigenvalue weighted by Crippen LogP contribution is 2.17. The van der Waals surface area contributed by atoms with Crippen molar-refractivity contribution in [1.82, 2.24) is 0 Å². The number of nitrogens with two attached hydrogens (primary N) is 1. The highest BCUT2D eigenvalue weighted by atomic mass is 14.6. The number of rotatable bonds is 5. The van der Waals surface area contributed by atoms with Crippen molar-refractivity contribution in [3.63, 3.8) is 0 Å². The molecule has 0 aliphatic carbocycles. The fraction of sp³-hybridized carbons (Fsp3) is 0.294. The zero-order chi connectivity index (χ0) is 12.8. The standard InChI is InChI=1S/C17H21N/c1-14-7-5-8-15(13-14)9-6-12-17(18)16-10-3-2-4-11-16/h2-5,7-8,10-11,13,17H,6,9,12,18H2,1H3. The Kier molecular flexibility index (Phi) is 4.54. The van der Waals surface area contributed by atoms with Crippen molar-refractivity contribution < 1.29 is 0 Å². The Morgan fingerprint density at radius 1 is 1.00 bits per heavy atom. The number of hydrogen-bond acceptors (Lipinski definition) is 1. The van der Waals surface area contributed by atoms with Crippen molar-refractivity contribution in [2.45, 2.75) is 32.2 Å². The van der Waals surface area contributed by atoms with Gasteiger partial charge in [0.2, 0.25) is 0 Å². The van der Waals surface area contributed by atoms with Gasteiger partial charge in [-0.05, 0) is 37.3 Å². The molecule has 0 saturated heterocycles. The molecule has 1 atom stereocenters. The Balaban J connectivity index is 1.82. The zero-order valence-corrected chi connectivity index (χ0v) is 11.0. The van der Waals surface area contributed by atoms with Crippen molar-refractivity contribution in [2.24, 2.45) is 5.73 Å². The summed E-state index contributed by atoms with van der Waals surface area (Å²) in [6.45, 7) is 2.14. The maximum Gasteiger partial charge on any atom is 0.0294 e. The third-order valence-electron chi connectivity index (χ3n) is 3.29.